The number of carbonyl (C=O) groups is 1. The molecular formula is C16H18N4O2S. The largest absolute Gasteiger partial charge is 0.465 e. The normalized spacial score (nSPS) is 12.7. The fraction of sp³-hybridized carbons (Fsp3) is 0.375. The highest BCUT2D eigenvalue weighted by molar-refractivity contribution is 8.00. The minimum atomic E-state index is -0.373. The number of nitrogens with one attached hydrogen (secondary N) is 1. The summed E-state index contributed by atoms with van der Waals surface area (Å²) >= 11 is 1.24. The van der Waals surface area contributed by atoms with E-state index < -0.39 is 0 Å². The number of ether oxygens (including phenoxy) is 1. The van der Waals surface area contributed by atoms with Gasteiger partial charge in [-0.15, -0.1) is 10.2 Å². The lowest BCUT2D eigenvalue weighted by atomic mass is 10.1. The minimum absolute atomic E-state index is 0.274. The summed E-state index contributed by atoms with van der Waals surface area (Å²) in [6.45, 7) is 8.03. The number of thioether (sulfide) groups is 1. The van der Waals surface area contributed by atoms with Crippen molar-refractivity contribution in [3.8, 4) is 0 Å². The first-order chi connectivity index (χ1) is 11.0. The molecule has 3 rings (SSSR count). The molecule has 1 N–H and O–H groups in total. The Hall–Kier alpha value is -2.15. The van der Waals surface area contributed by atoms with Crippen LogP contribution in [0.25, 0.3) is 22.1 Å². The van der Waals surface area contributed by atoms with Gasteiger partial charge in [-0.3, -0.25) is 4.79 Å². The van der Waals surface area contributed by atoms with Crippen molar-refractivity contribution in [1.82, 2.24) is 20.2 Å². The zero-order chi connectivity index (χ0) is 16.6. The third-order valence-electron chi connectivity index (χ3n) is 3.55. The van der Waals surface area contributed by atoms with Crippen molar-refractivity contribution in [1.29, 1.82) is 0 Å². The number of rotatable bonds is 4. The minimum Gasteiger partial charge on any atom is -0.465 e. The molecule has 2 heterocycles. The summed E-state index contributed by atoms with van der Waals surface area (Å²) in [5, 5.41) is 9.54. The van der Waals surface area contributed by atoms with Gasteiger partial charge in [0.25, 0.3) is 0 Å². The number of esters is 1. The van der Waals surface area contributed by atoms with E-state index in [9.17, 15) is 4.79 Å². The molecule has 0 saturated heterocycles. The van der Waals surface area contributed by atoms with Crippen LogP contribution in [0, 0.1) is 13.8 Å². The van der Waals surface area contributed by atoms with Gasteiger partial charge >= 0.3 is 5.97 Å². The molecule has 0 bridgehead atoms. The van der Waals surface area contributed by atoms with E-state index >= 15 is 0 Å². The molecule has 3 aromatic rings. The number of aromatic nitrogens is 4. The summed E-state index contributed by atoms with van der Waals surface area (Å²) in [4.78, 5) is 19.5. The zero-order valence-corrected chi connectivity index (χ0v) is 14.3. The van der Waals surface area contributed by atoms with E-state index in [1.165, 1.54) is 17.3 Å². The van der Waals surface area contributed by atoms with Gasteiger partial charge in [-0.25, -0.2) is 4.98 Å². The zero-order valence-electron chi connectivity index (χ0n) is 13.5. The van der Waals surface area contributed by atoms with Crippen molar-refractivity contribution in [2.45, 2.75) is 38.1 Å². The highest BCUT2D eigenvalue weighted by Gasteiger charge is 2.18. The quantitative estimate of drug-likeness (QED) is 0.584. The Labute approximate surface area is 138 Å². The fourth-order valence-electron chi connectivity index (χ4n) is 2.53. The molecule has 1 unspecified atom stereocenters. The predicted octanol–water partition coefficient (Wildman–Crippen LogP) is 3.17. The molecule has 0 radical (unpaired) electrons. The van der Waals surface area contributed by atoms with Crippen LogP contribution in [0.1, 0.15) is 25.0 Å². The summed E-state index contributed by atoms with van der Waals surface area (Å²) in [6.07, 6.45) is 0. The summed E-state index contributed by atoms with van der Waals surface area (Å²) in [6, 6.07) is 4.19. The first kappa shape index (κ1) is 15.7. The maximum Gasteiger partial charge on any atom is 0.319 e. The predicted molar refractivity (Wildman–Crippen MR) is 90.6 cm³/mol. The monoisotopic (exact) mass is 330 g/mol. The van der Waals surface area contributed by atoms with Crippen LogP contribution in [0.2, 0.25) is 0 Å². The standard InChI is InChI=1S/C16H18N4O2S/c1-5-22-15(21)10(4)23-16-18-14-13(19-20-16)11-7-8(2)6-9(3)12(11)17-14/h6-7,10H,5H2,1-4H3,(H,17,18,20). The van der Waals surface area contributed by atoms with Crippen molar-refractivity contribution >= 4 is 39.8 Å². The van der Waals surface area contributed by atoms with Gasteiger partial charge in [-0.2, -0.15) is 0 Å². The van der Waals surface area contributed by atoms with Crippen molar-refractivity contribution in [3.05, 3.63) is 23.3 Å². The van der Waals surface area contributed by atoms with Gasteiger partial charge in [-0.05, 0) is 39.3 Å². The molecule has 2 aromatic heterocycles. The first-order valence-electron chi connectivity index (χ1n) is 7.46. The SMILES string of the molecule is CCOC(=O)C(C)Sc1nnc2c(n1)[nH]c1c(C)cc(C)cc12. The number of aryl methyl sites for hydroxylation is 2. The van der Waals surface area contributed by atoms with Crippen LogP contribution in [0.15, 0.2) is 17.3 Å². The lowest BCUT2D eigenvalue weighted by Crippen LogP contribution is -2.17. The Bertz CT molecular complexity index is 891. The molecule has 0 spiro atoms. The fourth-order valence-corrected chi connectivity index (χ4v) is 3.25. The van der Waals surface area contributed by atoms with E-state index in [-0.39, 0.29) is 11.2 Å². The van der Waals surface area contributed by atoms with Crippen molar-refractivity contribution in [2.24, 2.45) is 0 Å². The Morgan fingerprint density at radius 1 is 1.35 bits per heavy atom. The van der Waals surface area contributed by atoms with Crippen LogP contribution >= 0.6 is 11.8 Å². The third-order valence-corrected chi connectivity index (χ3v) is 4.48. The van der Waals surface area contributed by atoms with Gasteiger partial charge < -0.3 is 9.72 Å². The molecule has 0 aliphatic rings. The number of fused-ring (bicyclic) bond motifs is 3. The number of hydrogen-bond donors (Lipinski definition) is 1. The van der Waals surface area contributed by atoms with Gasteiger partial charge in [0, 0.05) is 5.39 Å². The molecule has 0 aliphatic carbocycles. The topological polar surface area (TPSA) is 80.8 Å². The first-order valence-corrected chi connectivity index (χ1v) is 8.34. The van der Waals surface area contributed by atoms with Crippen LogP contribution in [-0.4, -0.2) is 38.0 Å². The molecule has 0 aliphatic heterocycles. The van der Waals surface area contributed by atoms with Gasteiger partial charge in [-0.1, -0.05) is 23.4 Å². The Morgan fingerprint density at radius 2 is 2.13 bits per heavy atom. The highest BCUT2D eigenvalue weighted by Crippen LogP contribution is 2.28. The molecule has 1 aromatic carbocycles. The maximum atomic E-state index is 11.7. The van der Waals surface area contributed by atoms with Crippen molar-refractivity contribution < 1.29 is 9.53 Å². The average Bonchev–Trinajstić information content (AvgIpc) is 2.85. The van der Waals surface area contributed by atoms with Crippen molar-refractivity contribution in [2.75, 3.05) is 6.61 Å². The second-order valence-electron chi connectivity index (χ2n) is 5.43. The van der Waals surface area contributed by atoms with Crippen LogP contribution in [0.4, 0.5) is 0 Å². The van der Waals surface area contributed by atoms with Gasteiger partial charge in [0.2, 0.25) is 5.16 Å². The lowest BCUT2D eigenvalue weighted by molar-refractivity contribution is -0.142. The van der Waals surface area contributed by atoms with E-state index in [4.69, 9.17) is 4.74 Å². The molecule has 7 heteroatoms. The number of H-pyrrole nitrogens is 1. The van der Waals surface area contributed by atoms with Crippen LogP contribution < -0.4 is 0 Å². The summed E-state index contributed by atoms with van der Waals surface area (Å²) in [5.41, 5.74) is 4.77. The maximum absolute atomic E-state index is 11.7. The van der Waals surface area contributed by atoms with E-state index in [0.29, 0.717) is 17.4 Å². The van der Waals surface area contributed by atoms with Gasteiger partial charge in [0.1, 0.15) is 10.8 Å². The Balaban J connectivity index is 1.98. The van der Waals surface area contributed by atoms with Crippen molar-refractivity contribution in [3.63, 3.8) is 0 Å². The Morgan fingerprint density at radius 3 is 2.87 bits per heavy atom. The summed E-state index contributed by atoms with van der Waals surface area (Å²) in [7, 11) is 0. The average molecular weight is 330 g/mol. The molecule has 0 amide bonds. The third kappa shape index (κ3) is 3.01. The van der Waals surface area contributed by atoms with E-state index in [1.54, 1.807) is 13.8 Å². The van der Waals surface area contributed by atoms with Crippen LogP contribution in [0.5, 0.6) is 0 Å². The number of aromatic amines is 1. The molecule has 1 atom stereocenters. The summed E-state index contributed by atoms with van der Waals surface area (Å²) in [5.74, 6) is -0.274. The van der Waals surface area contributed by atoms with Gasteiger partial charge in [0.15, 0.2) is 5.65 Å². The van der Waals surface area contributed by atoms with E-state index in [2.05, 4.69) is 46.1 Å². The number of carbonyl (C=O) groups excluding carboxylic acids is 1. The second-order valence-corrected chi connectivity index (χ2v) is 6.74. The molecule has 6 nitrogen and oxygen atoms in total. The summed E-state index contributed by atoms with van der Waals surface area (Å²) < 4.78 is 5.00. The van der Waals surface area contributed by atoms with Crippen LogP contribution in [-0.2, 0) is 9.53 Å². The van der Waals surface area contributed by atoms with E-state index in [1.807, 2.05) is 0 Å². The highest BCUT2D eigenvalue weighted by atomic mass is 32.2. The Kier molecular flexibility index (Phi) is 4.21. The number of benzene rings is 1. The number of hydrogen-bond acceptors (Lipinski definition) is 6. The second kappa shape index (κ2) is 6.16. The van der Waals surface area contributed by atoms with Gasteiger partial charge in [0.05, 0.1) is 12.1 Å². The number of nitrogens with zero attached hydrogens (tertiary/aromatic N) is 3. The van der Waals surface area contributed by atoms with Crippen LogP contribution in [0.3, 0.4) is 0 Å². The molecule has 120 valence electrons. The smallest absolute Gasteiger partial charge is 0.319 e. The molecule has 0 fully saturated rings. The lowest BCUT2D eigenvalue weighted by Gasteiger charge is -2.08. The molecular weight excluding hydrogens is 312 g/mol. The van der Waals surface area contributed by atoms with E-state index in [0.717, 1.165) is 22.0 Å². The molecule has 0 saturated carbocycles. The molecule has 23 heavy (non-hydrogen) atoms.